The van der Waals surface area contributed by atoms with Crippen LogP contribution in [-0.4, -0.2) is 17.3 Å². The molecule has 0 saturated carbocycles. The largest absolute Gasteiger partial charge is 0.497 e. The Kier molecular flexibility index (Phi) is 2.49. The minimum absolute atomic E-state index is 0.848. The summed E-state index contributed by atoms with van der Waals surface area (Å²) in [5, 5.41) is 6.52. The zero-order chi connectivity index (χ0) is 9.80. The van der Waals surface area contributed by atoms with Crippen LogP contribution in [0, 0.1) is 6.20 Å². The van der Waals surface area contributed by atoms with E-state index in [4.69, 9.17) is 4.74 Å². The van der Waals surface area contributed by atoms with Crippen molar-refractivity contribution in [3.05, 3.63) is 47.8 Å². The molecule has 0 atom stereocenters. The van der Waals surface area contributed by atoms with Crippen LogP contribution in [0.25, 0.3) is 0 Å². The Morgan fingerprint density at radius 3 is 2.71 bits per heavy atom. The van der Waals surface area contributed by atoms with E-state index < -0.39 is 0 Å². The summed E-state index contributed by atoms with van der Waals surface area (Å²) < 4.78 is 5.08. The van der Waals surface area contributed by atoms with Crippen LogP contribution in [0.15, 0.2) is 30.5 Å². The molecule has 0 fully saturated rings. The van der Waals surface area contributed by atoms with E-state index >= 15 is 0 Å². The van der Waals surface area contributed by atoms with Crippen LogP contribution in [0.1, 0.15) is 11.1 Å². The molecule has 1 radical (unpaired) electrons. The lowest BCUT2D eigenvalue weighted by Crippen LogP contribution is -1.87. The monoisotopic (exact) mass is 187 g/mol. The predicted octanol–water partition coefficient (Wildman–Crippen LogP) is 1.81. The Hall–Kier alpha value is -1.77. The molecular formula is C11H11N2O. The molecule has 0 bridgehead atoms. The summed E-state index contributed by atoms with van der Waals surface area (Å²) in [6.07, 6.45) is 5.58. The van der Waals surface area contributed by atoms with Crippen molar-refractivity contribution in [2.24, 2.45) is 0 Å². The number of hydrogen-bond donors (Lipinski definition) is 1. The normalized spacial score (nSPS) is 10.1. The molecule has 0 aliphatic carbocycles. The highest BCUT2D eigenvalue weighted by Crippen LogP contribution is 2.13. The third-order valence-electron chi connectivity index (χ3n) is 2.06. The molecule has 0 unspecified atom stereocenters. The van der Waals surface area contributed by atoms with Crippen LogP contribution in [0.4, 0.5) is 0 Å². The van der Waals surface area contributed by atoms with Gasteiger partial charge in [-0.3, -0.25) is 5.10 Å². The van der Waals surface area contributed by atoms with Gasteiger partial charge in [-0.25, -0.2) is 0 Å². The summed E-state index contributed by atoms with van der Waals surface area (Å²) in [5.74, 6) is 0.880. The van der Waals surface area contributed by atoms with Crippen LogP contribution in [-0.2, 0) is 6.42 Å². The van der Waals surface area contributed by atoms with Crippen molar-refractivity contribution in [3.63, 3.8) is 0 Å². The third-order valence-corrected chi connectivity index (χ3v) is 2.06. The number of aromatic nitrogens is 2. The molecule has 0 spiro atoms. The maximum atomic E-state index is 5.08. The highest BCUT2D eigenvalue weighted by Gasteiger charge is 1.98. The van der Waals surface area contributed by atoms with E-state index in [9.17, 15) is 0 Å². The van der Waals surface area contributed by atoms with Gasteiger partial charge in [0.15, 0.2) is 0 Å². The van der Waals surface area contributed by atoms with Gasteiger partial charge in [0.25, 0.3) is 0 Å². The zero-order valence-electron chi connectivity index (χ0n) is 7.95. The van der Waals surface area contributed by atoms with E-state index in [2.05, 4.69) is 16.4 Å². The highest BCUT2D eigenvalue weighted by atomic mass is 16.5. The number of ether oxygens (including phenoxy) is 1. The molecule has 1 heterocycles. The minimum Gasteiger partial charge on any atom is -0.497 e. The van der Waals surface area contributed by atoms with Gasteiger partial charge in [0.05, 0.1) is 7.11 Å². The van der Waals surface area contributed by atoms with Gasteiger partial charge in [-0.1, -0.05) is 12.1 Å². The summed E-state index contributed by atoms with van der Waals surface area (Å²) in [6, 6.07) is 7.99. The van der Waals surface area contributed by atoms with E-state index in [1.807, 2.05) is 30.5 Å². The fraction of sp³-hybridized carbons (Fsp3) is 0.182. The van der Waals surface area contributed by atoms with Crippen molar-refractivity contribution in [2.45, 2.75) is 6.42 Å². The van der Waals surface area contributed by atoms with Gasteiger partial charge < -0.3 is 4.74 Å². The summed E-state index contributed by atoms with van der Waals surface area (Å²) in [6.45, 7) is 0. The molecule has 0 saturated heterocycles. The van der Waals surface area contributed by atoms with Crippen LogP contribution in [0.3, 0.4) is 0 Å². The van der Waals surface area contributed by atoms with Crippen molar-refractivity contribution in [1.82, 2.24) is 10.2 Å². The van der Waals surface area contributed by atoms with Crippen LogP contribution in [0.2, 0.25) is 0 Å². The smallest absolute Gasteiger partial charge is 0.118 e. The summed E-state index contributed by atoms with van der Waals surface area (Å²) in [5.41, 5.74) is 2.29. The Labute approximate surface area is 82.7 Å². The molecule has 0 aliphatic rings. The minimum atomic E-state index is 0.848. The van der Waals surface area contributed by atoms with Crippen molar-refractivity contribution in [2.75, 3.05) is 7.11 Å². The fourth-order valence-corrected chi connectivity index (χ4v) is 1.30. The first kappa shape index (κ1) is 8.81. The van der Waals surface area contributed by atoms with Gasteiger partial charge >= 0.3 is 0 Å². The molecule has 3 heteroatoms. The Balaban J connectivity index is 2.10. The lowest BCUT2D eigenvalue weighted by atomic mass is 10.1. The molecule has 71 valence electrons. The third kappa shape index (κ3) is 1.93. The van der Waals surface area contributed by atoms with Gasteiger partial charge in [0.2, 0.25) is 0 Å². The molecule has 2 rings (SSSR count). The lowest BCUT2D eigenvalue weighted by Gasteiger charge is -2.01. The Bertz CT molecular complexity index is 378. The number of nitrogens with zero attached hydrogens (tertiary/aromatic N) is 1. The first-order chi connectivity index (χ1) is 6.88. The highest BCUT2D eigenvalue weighted by molar-refractivity contribution is 5.29. The molecular weight excluding hydrogens is 176 g/mol. The molecule has 0 aliphatic heterocycles. The number of H-pyrrole nitrogens is 1. The zero-order valence-corrected chi connectivity index (χ0v) is 7.95. The number of benzene rings is 1. The summed E-state index contributed by atoms with van der Waals surface area (Å²) >= 11 is 0. The van der Waals surface area contributed by atoms with E-state index in [1.165, 1.54) is 5.56 Å². The van der Waals surface area contributed by atoms with Crippen molar-refractivity contribution in [1.29, 1.82) is 0 Å². The van der Waals surface area contributed by atoms with Gasteiger partial charge in [-0.2, -0.15) is 5.10 Å². The van der Waals surface area contributed by atoms with Crippen molar-refractivity contribution < 1.29 is 4.74 Å². The molecule has 1 N–H and O–H groups in total. The molecule has 0 amide bonds. The first-order valence-corrected chi connectivity index (χ1v) is 4.42. The average Bonchev–Trinajstić information content (AvgIpc) is 2.72. The van der Waals surface area contributed by atoms with Crippen molar-refractivity contribution >= 4 is 0 Å². The molecule has 2 aromatic rings. The van der Waals surface area contributed by atoms with E-state index in [1.54, 1.807) is 7.11 Å². The second-order valence-electron chi connectivity index (χ2n) is 3.05. The van der Waals surface area contributed by atoms with Gasteiger partial charge in [-0.05, 0) is 17.7 Å². The van der Waals surface area contributed by atoms with Gasteiger partial charge in [0.1, 0.15) is 11.9 Å². The second-order valence-corrected chi connectivity index (χ2v) is 3.05. The average molecular weight is 187 g/mol. The van der Waals surface area contributed by atoms with E-state index in [0.717, 1.165) is 17.7 Å². The quantitative estimate of drug-likeness (QED) is 0.795. The SMILES string of the molecule is COc1ccc(Cc2[c]n[nH]c2)cc1. The van der Waals surface area contributed by atoms with Gasteiger partial charge in [-0.15, -0.1) is 0 Å². The summed E-state index contributed by atoms with van der Waals surface area (Å²) in [7, 11) is 1.67. The molecule has 1 aromatic carbocycles. The van der Waals surface area contributed by atoms with Crippen LogP contribution < -0.4 is 4.74 Å². The Morgan fingerprint density at radius 1 is 1.36 bits per heavy atom. The van der Waals surface area contributed by atoms with Crippen LogP contribution >= 0.6 is 0 Å². The number of methoxy groups -OCH3 is 1. The number of nitrogens with one attached hydrogen (secondary N) is 1. The fourth-order valence-electron chi connectivity index (χ4n) is 1.30. The van der Waals surface area contributed by atoms with Gasteiger partial charge in [0, 0.05) is 18.2 Å². The van der Waals surface area contributed by atoms with Crippen LogP contribution in [0.5, 0.6) is 5.75 Å². The number of rotatable bonds is 3. The van der Waals surface area contributed by atoms with Crippen molar-refractivity contribution in [3.8, 4) is 5.75 Å². The maximum absolute atomic E-state index is 5.08. The Morgan fingerprint density at radius 2 is 2.14 bits per heavy atom. The number of aromatic amines is 1. The van der Waals surface area contributed by atoms with E-state index in [0.29, 0.717) is 0 Å². The maximum Gasteiger partial charge on any atom is 0.118 e. The summed E-state index contributed by atoms with van der Waals surface area (Å²) in [4.78, 5) is 0. The molecule has 1 aromatic heterocycles. The lowest BCUT2D eigenvalue weighted by molar-refractivity contribution is 0.414. The second kappa shape index (κ2) is 3.96. The van der Waals surface area contributed by atoms with E-state index in [-0.39, 0.29) is 0 Å². The standard InChI is InChI=1S/C11H11N2O/c1-14-11-4-2-9(3-5-11)6-10-7-12-13-8-10/h2-5,7H,6H2,1H3,(H,12,13). The topological polar surface area (TPSA) is 37.9 Å². The molecule has 14 heavy (non-hydrogen) atoms. The first-order valence-electron chi connectivity index (χ1n) is 4.42. The number of hydrogen-bond acceptors (Lipinski definition) is 2. The predicted molar refractivity (Wildman–Crippen MR) is 53.2 cm³/mol. The molecule has 3 nitrogen and oxygen atoms in total.